The van der Waals surface area contributed by atoms with E-state index in [1.807, 2.05) is 0 Å². The summed E-state index contributed by atoms with van der Waals surface area (Å²) in [6, 6.07) is 2.24. The second kappa shape index (κ2) is 6.29. The number of carboxylic acid groups (broad SMARTS) is 1. The van der Waals surface area contributed by atoms with Crippen LogP contribution in [-0.4, -0.2) is 25.3 Å². The van der Waals surface area contributed by atoms with Crippen LogP contribution in [0.2, 0.25) is 0 Å². The number of ether oxygens (including phenoxy) is 2. The summed E-state index contributed by atoms with van der Waals surface area (Å²) >= 11 is 0. The highest BCUT2D eigenvalue weighted by Gasteiger charge is 2.44. The van der Waals surface area contributed by atoms with Crippen molar-refractivity contribution in [2.75, 3.05) is 14.2 Å². The molecule has 0 radical (unpaired) electrons. The third-order valence-corrected chi connectivity index (χ3v) is 4.45. The van der Waals surface area contributed by atoms with Crippen molar-refractivity contribution >= 4 is 5.97 Å². The van der Waals surface area contributed by atoms with Gasteiger partial charge in [0.25, 0.3) is 0 Å². The predicted octanol–water partition coefficient (Wildman–Crippen LogP) is 4.01. The van der Waals surface area contributed by atoms with Gasteiger partial charge in [-0.3, -0.25) is 4.79 Å². The Kier molecular flexibility index (Phi) is 4.77. The number of benzene rings is 1. The highest BCUT2D eigenvalue weighted by atomic mass is 19.4. The molecule has 1 N–H and O–H groups in total. The zero-order chi connectivity index (χ0) is 17.3. The van der Waals surface area contributed by atoms with E-state index in [0.29, 0.717) is 25.7 Å². The molecular weight excluding hydrogens is 313 g/mol. The van der Waals surface area contributed by atoms with E-state index in [2.05, 4.69) is 0 Å². The molecule has 0 aliphatic heterocycles. The van der Waals surface area contributed by atoms with Crippen LogP contribution >= 0.6 is 0 Å². The highest BCUT2D eigenvalue weighted by Crippen LogP contribution is 2.47. The number of hydrogen-bond acceptors (Lipinski definition) is 3. The number of carbonyl (C=O) groups is 1. The van der Waals surface area contributed by atoms with Crippen LogP contribution in [0.1, 0.15) is 43.2 Å². The summed E-state index contributed by atoms with van der Waals surface area (Å²) in [6.45, 7) is 0. The average Bonchev–Trinajstić information content (AvgIpc) is 2.53. The van der Waals surface area contributed by atoms with E-state index in [0.717, 1.165) is 19.6 Å². The third kappa shape index (κ3) is 3.09. The van der Waals surface area contributed by atoms with Crippen LogP contribution in [0.3, 0.4) is 0 Å². The molecule has 7 heteroatoms. The number of carboxylic acids is 1. The summed E-state index contributed by atoms with van der Waals surface area (Å²) in [7, 11) is 2.36. The maximum absolute atomic E-state index is 13.3. The molecule has 0 bridgehead atoms. The summed E-state index contributed by atoms with van der Waals surface area (Å²) in [5.74, 6) is -1.64. The van der Waals surface area contributed by atoms with E-state index >= 15 is 0 Å². The van der Waals surface area contributed by atoms with Crippen LogP contribution < -0.4 is 9.47 Å². The van der Waals surface area contributed by atoms with Crippen molar-refractivity contribution < 1.29 is 32.5 Å². The highest BCUT2D eigenvalue weighted by molar-refractivity contribution is 5.82. The fraction of sp³-hybridized carbons (Fsp3) is 0.562. The van der Waals surface area contributed by atoms with Gasteiger partial charge in [-0.05, 0) is 30.5 Å². The molecule has 0 atom stereocenters. The van der Waals surface area contributed by atoms with E-state index < -0.39 is 28.9 Å². The molecule has 1 aromatic rings. The van der Waals surface area contributed by atoms with Gasteiger partial charge in [-0.25, -0.2) is 0 Å². The zero-order valence-corrected chi connectivity index (χ0v) is 13.0. The molecular formula is C16H19F3O4. The third-order valence-electron chi connectivity index (χ3n) is 4.45. The molecule has 23 heavy (non-hydrogen) atoms. The maximum Gasteiger partial charge on any atom is 0.420 e. The summed E-state index contributed by atoms with van der Waals surface area (Å²) in [5, 5.41) is 9.67. The molecule has 1 aromatic carbocycles. The van der Waals surface area contributed by atoms with Gasteiger partial charge in [0.1, 0.15) is 5.56 Å². The van der Waals surface area contributed by atoms with Crippen LogP contribution in [-0.2, 0) is 16.4 Å². The Morgan fingerprint density at radius 3 is 2.17 bits per heavy atom. The van der Waals surface area contributed by atoms with Crippen molar-refractivity contribution in [3.8, 4) is 11.5 Å². The summed E-state index contributed by atoms with van der Waals surface area (Å²) in [5.41, 5.74) is -2.20. The number of rotatable bonds is 4. The van der Waals surface area contributed by atoms with Crippen LogP contribution in [0.15, 0.2) is 12.1 Å². The molecule has 2 rings (SSSR count). The number of aliphatic carboxylic acids is 1. The molecule has 0 saturated heterocycles. The fourth-order valence-corrected chi connectivity index (χ4v) is 3.23. The first-order valence-electron chi connectivity index (χ1n) is 7.33. The molecule has 1 saturated carbocycles. The SMILES string of the molecule is COc1cc(C2(C(=O)O)CCCCC2)cc(C(F)(F)F)c1OC. The van der Waals surface area contributed by atoms with Crippen molar-refractivity contribution in [3.05, 3.63) is 23.3 Å². The maximum atomic E-state index is 13.3. The summed E-state index contributed by atoms with van der Waals surface area (Å²) in [6.07, 6.45) is -1.81. The molecule has 0 aromatic heterocycles. The topological polar surface area (TPSA) is 55.8 Å². The van der Waals surface area contributed by atoms with Gasteiger partial charge in [0.2, 0.25) is 0 Å². The quantitative estimate of drug-likeness (QED) is 0.905. The summed E-state index contributed by atoms with van der Waals surface area (Å²) < 4.78 is 49.9. The molecule has 0 spiro atoms. The Morgan fingerprint density at radius 2 is 1.74 bits per heavy atom. The Balaban J connectivity index is 2.69. The lowest BCUT2D eigenvalue weighted by Gasteiger charge is -2.34. The second-order valence-corrected chi connectivity index (χ2v) is 5.70. The second-order valence-electron chi connectivity index (χ2n) is 5.70. The van der Waals surface area contributed by atoms with Crippen molar-refractivity contribution in [2.45, 2.75) is 43.7 Å². The van der Waals surface area contributed by atoms with Gasteiger partial charge in [-0.2, -0.15) is 13.2 Å². The lowest BCUT2D eigenvalue weighted by molar-refractivity contribution is -0.146. The standard InChI is InChI=1S/C16H19F3O4/c1-22-12-9-10(8-11(13(12)23-2)16(17,18)19)15(14(20)21)6-4-3-5-7-15/h8-9H,3-7H2,1-2H3,(H,20,21). The minimum Gasteiger partial charge on any atom is -0.493 e. The number of alkyl halides is 3. The first kappa shape index (κ1) is 17.4. The van der Waals surface area contributed by atoms with Crippen LogP contribution in [0.4, 0.5) is 13.2 Å². The van der Waals surface area contributed by atoms with Gasteiger partial charge in [0.15, 0.2) is 11.5 Å². The first-order chi connectivity index (χ1) is 10.8. The minimum absolute atomic E-state index is 0.108. The van der Waals surface area contributed by atoms with Crippen LogP contribution in [0, 0.1) is 0 Å². The Hall–Kier alpha value is -1.92. The largest absolute Gasteiger partial charge is 0.493 e. The number of halogens is 3. The van der Waals surface area contributed by atoms with Crippen molar-refractivity contribution in [1.29, 1.82) is 0 Å². The normalized spacial score (nSPS) is 17.6. The van der Waals surface area contributed by atoms with E-state index in [1.165, 1.54) is 13.2 Å². The van der Waals surface area contributed by atoms with Gasteiger partial charge in [-0.1, -0.05) is 19.3 Å². The molecule has 1 aliphatic rings. The van der Waals surface area contributed by atoms with Crippen LogP contribution in [0.25, 0.3) is 0 Å². The minimum atomic E-state index is -4.66. The van der Waals surface area contributed by atoms with Gasteiger partial charge in [0, 0.05) is 0 Å². The molecule has 0 amide bonds. The van der Waals surface area contributed by atoms with Gasteiger partial charge < -0.3 is 14.6 Å². The van der Waals surface area contributed by atoms with Crippen molar-refractivity contribution in [1.82, 2.24) is 0 Å². The smallest absolute Gasteiger partial charge is 0.420 e. The Labute approximate surface area is 132 Å². The molecule has 1 fully saturated rings. The van der Waals surface area contributed by atoms with E-state index in [9.17, 15) is 23.1 Å². The van der Waals surface area contributed by atoms with E-state index in [4.69, 9.17) is 9.47 Å². The zero-order valence-electron chi connectivity index (χ0n) is 13.0. The monoisotopic (exact) mass is 332 g/mol. The van der Waals surface area contributed by atoms with E-state index in [1.54, 1.807) is 0 Å². The molecule has 0 heterocycles. The van der Waals surface area contributed by atoms with Gasteiger partial charge in [-0.15, -0.1) is 0 Å². The van der Waals surface area contributed by atoms with Crippen molar-refractivity contribution in [2.24, 2.45) is 0 Å². The van der Waals surface area contributed by atoms with Gasteiger partial charge in [0.05, 0.1) is 19.6 Å². The Bertz CT molecular complexity index is 590. The number of hydrogen-bond donors (Lipinski definition) is 1. The average molecular weight is 332 g/mol. The Morgan fingerprint density at radius 1 is 1.13 bits per heavy atom. The molecule has 4 nitrogen and oxygen atoms in total. The summed E-state index contributed by atoms with van der Waals surface area (Å²) in [4.78, 5) is 11.8. The first-order valence-corrected chi connectivity index (χ1v) is 7.33. The van der Waals surface area contributed by atoms with E-state index in [-0.39, 0.29) is 11.3 Å². The lowest BCUT2D eigenvalue weighted by atomic mass is 9.69. The number of methoxy groups -OCH3 is 2. The predicted molar refractivity (Wildman–Crippen MR) is 76.9 cm³/mol. The van der Waals surface area contributed by atoms with Crippen LogP contribution in [0.5, 0.6) is 11.5 Å². The lowest BCUT2D eigenvalue weighted by Crippen LogP contribution is -2.38. The molecule has 0 unspecified atom stereocenters. The molecule has 128 valence electrons. The fourth-order valence-electron chi connectivity index (χ4n) is 3.23. The van der Waals surface area contributed by atoms with Crippen molar-refractivity contribution in [3.63, 3.8) is 0 Å². The van der Waals surface area contributed by atoms with Gasteiger partial charge >= 0.3 is 12.1 Å². The molecule has 1 aliphatic carbocycles.